The number of aromatic nitrogens is 1. The van der Waals surface area contributed by atoms with Crippen molar-refractivity contribution in [1.82, 2.24) is 4.98 Å². The Morgan fingerprint density at radius 3 is 2.87 bits per heavy atom. The number of nitrogens with zero attached hydrogens (tertiary/aromatic N) is 1. The van der Waals surface area contributed by atoms with Crippen molar-refractivity contribution >= 4 is 22.5 Å². The summed E-state index contributed by atoms with van der Waals surface area (Å²) in [4.78, 5) is 4.33. The summed E-state index contributed by atoms with van der Waals surface area (Å²) in [5.41, 5.74) is 7.80. The molecule has 1 aromatic carbocycles. The fraction of sp³-hybridized carbons (Fsp3) is 0.250. The highest BCUT2D eigenvalue weighted by molar-refractivity contribution is 6.30. The SMILES string of the molecule is CC[C@@H](N)c1cc2ccccc2nc1Cl. The quantitative estimate of drug-likeness (QED) is 0.789. The predicted molar refractivity (Wildman–Crippen MR) is 64.0 cm³/mol. The Morgan fingerprint density at radius 2 is 2.13 bits per heavy atom. The van der Waals surface area contributed by atoms with Crippen LogP contribution in [0.3, 0.4) is 0 Å². The number of rotatable bonds is 2. The van der Waals surface area contributed by atoms with E-state index in [2.05, 4.69) is 4.98 Å². The highest BCUT2D eigenvalue weighted by Crippen LogP contribution is 2.25. The Labute approximate surface area is 94.1 Å². The van der Waals surface area contributed by atoms with Gasteiger partial charge in [-0.15, -0.1) is 0 Å². The van der Waals surface area contributed by atoms with Crippen LogP contribution in [-0.2, 0) is 0 Å². The van der Waals surface area contributed by atoms with Gasteiger partial charge in [0, 0.05) is 17.0 Å². The summed E-state index contributed by atoms with van der Waals surface area (Å²) < 4.78 is 0. The molecule has 0 saturated heterocycles. The van der Waals surface area contributed by atoms with Crippen LogP contribution < -0.4 is 5.73 Å². The highest BCUT2D eigenvalue weighted by atomic mass is 35.5. The molecule has 0 aliphatic carbocycles. The Kier molecular flexibility index (Phi) is 2.89. The standard InChI is InChI=1S/C12H13ClN2/c1-2-10(14)9-7-8-5-3-4-6-11(8)15-12(9)13/h3-7,10H,2,14H2,1H3/t10-/m1/s1. The second kappa shape index (κ2) is 4.17. The molecular formula is C12H13ClN2. The van der Waals surface area contributed by atoms with E-state index in [-0.39, 0.29) is 6.04 Å². The van der Waals surface area contributed by atoms with Gasteiger partial charge in [-0.2, -0.15) is 0 Å². The molecule has 0 radical (unpaired) electrons. The van der Waals surface area contributed by atoms with Crippen LogP contribution in [0, 0.1) is 0 Å². The van der Waals surface area contributed by atoms with E-state index in [9.17, 15) is 0 Å². The first-order valence-electron chi connectivity index (χ1n) is 5.03. The average Bonchev–Trinajstić information content (AvgIpc) is 2.27. The third kappa shape index (κ3) is 1.96. The number of hydrogen-bond acceptors (Lipinski definition) is 2. The van der Waals surface area contributed by atoms with Crippen molar-refractivity contribution in [2.45, 2.75) is 19.4 Å². The molecule has 1 atom stereocenters. The van der Waals surface area contributed by atoms with Gasteiger partial charge in [0.2, 0.25) is 0 Å². The monoisotopic (exact) mass is 220 g/mol. The zero-order valence-corrected chi connectivity index (χ0v) is 9.33. The topological polar surface area (TPSA) is 38.9 Å². The summed E-state index contributed by atoms with van der Waals surface area (Å²) in [6.45, 7) is 2.04. The Morgan fingerprint density at radius 1 is 1.40 bits per heavy atom. The second-order valence-electron chi connectivity index (χ2n) is 3.58. The molecule has 0 aliphatic rings. The second-order valence-corrected chi connectivity index (χ2v) is 3.93. The number of benzene rings is 1. The molecule has 0 saturated carbocycles. The van der Waals surface area contributed by atoms with Gasteiger partial charge in [-0.05, 0) is 18.6 Å². The van der Waals surface area contributed by atoms with Crippen molar-refractivity contribution in [1.29, 1.82) is 0 Å². The van der Waals surface area contributed by atoms with E-state index in [0.29, 0.717) is 5.15 Å². The molecule has 1 aromatic heterocycles. The van der Waals surface area contributed by atoms with Gasteiger partial charge in [0.1, 0.15) is 5.15 Å². The molecule has 78 valence electrons. The lowest BCUT2D eigenvalue weighted by Crippen LogP contribution is -2.09. The first-order valence-corrected chi connectivity index (χ1v) is 5.41. The van der Waals surface area contributed by atoms with Crippen LogP contribution in [0.5, 0.6) is 0 Å². The number of nitrogens with two attached hydrogens (primary N) is 1. The summed E-state index contributed by atoms with van der Waals surface area (Å²) in [5, 5.41) is 1.60. The zero-order valence-electron chi connectivity index (χ0n) is 8.57. The zero-order chi connectivity index (χ0) is 10.8. The molecule has 0 bridgehead atoms. The van der Waals surface area contributed by atoms with E-state index in [1.807, 2.05) is 37.3 Å². The third-order valence-corrected chi connectivity index (χ3v) is 2.85. The number of para-hydroxylation sites is 1. The van der Waals surface area contributed by atoms with E-state index in [1.165, 1.54) is 0 Å². The summed E-state index contributed by atoms with van der Waals surface area (Å²) in [7, 11) is 0. The molecule has 0 unspecified atom stereocenters. The number of fused-ring (bicyclic) bond motifs is 1. The van der Waals surface area contributed by atoms with E-state index >= 15 is 0 Å². The lowest BCUT2D eigenvalue weighted by Gasteiger charge is -2.11. The smallest absolute Gasteiger partial charge is 0.134 e. The van der Waals surface area contributed by atoms with Gasteiger partial charge < -0.3 is 5.73 Å². The van der Waals surface area contributed by atoms with Gasteiger partial charge in [0.15, 0.2) is 0 Å². The summed E-state index contributed by atoms with van der Waals surface area (Å²) in [6.07, 6.45) is 0.861. The maximum atomic E-state index is 6.09. The van der Waals surface area contributed by atoms with Crippen molar-refractivity contribution in [3.05, 3.63) is 41.0 Å². The van der Waals surface area contributed by atoms with Crippen LogP contribution in [0.15, 0.2) is 30.3 Å². The molecular weight excluding hydrogens is 208 g/mol. The normalized spacial score (nSPS) is 13.0. The first-order chi connectivity index (χ1) is 7.22. The molecule has 0 fully saturated rings. The lowest BCUT2D eigenvalue weighted by molar-refractivity contribution is 0.697. The Balaban J connectivity index is 2.61. The summed E-state index contributed by atoms with van der Waals surface area (Å²) in [6, 6.07) is 9.89. The van der Waals surface area contributed by atoms with Crippen molar-refractivity contribution in [2.75, 3.05) is 0 Å². The minimum atomic E-state index is -0.0328. The molecule has 2 nitrogen and oxygen atoms in total. The van der Waals surface area contributed by atoms with E-state index in [1.54, 1.807) is 0 Å². The average molecular weight is 221 g/mol. The Bertz CT molecular complexity index is 482. The van der Waals surface area contributed by atoms with Gasteiger partial charge in [0.05, 0.1) is 5.52 Å². The van der Waals surface area contributed by atoms with Gasteiger partial charge in [0.25, 0.3) is 0 Å². The highest BCUT2D eigenvalue weighted by Gasteiger charge is 2.10. The van der Waals surface area contributed by atoms with E-state index < -0.39 is 0 Å². The molecule has 0 amide bonds. The van der Waals surface area contributed by atoms with Crippen LogP contribution in [0.25, 0.3) is 10.9 Å². The minimum absolute atomic E-state index is 0.0328. The van der Waals surface area contributed by atoms with Crippen molar-refractivity contribution < 1.29 is 0 Å². The number of hydrogen-bond donors (Lipinski definition) is 1. The van der Waals surface area contributed by atoms with Gasteiger partial charge >= 0.3 is 0 Å². The van der Waals surface area contributed by atoms with Crippen LogP contribution in [0.1, 0.15) is 24.9 Å². The Hall–Kier alpha value is -1.12. The molecule has 1 heterocycles. The fourth-order valence-electron chi connectivity index (χ4n) is 1.59. The molecule has 2 rings (SSSR count). The molecule has 0 spiro atoms. The maximum absolute atomic E-state index is 6.09. The van der Waals surface area contributed by atoms with Crippen molar-refractivity contribution in [3.63, 3.8) is 0 Å². The van der Waals surface area contributed by atoms with Crippen LogP contribution in [0.4, 0.5) is 0 Å². The lowest BCUT2D eigenvalue weighted by atomic mass is 10.1. The van der Waals surface area contributed by atoms with Crippen LogP contribution in [0.2, 0.25) is 5.15 Å². The molecule has 2 N–H and O–H groups in total. The summed E-state index contributed by atoms with van der Waals surface area (Å²) >= 11 is 6.09. The molecule has 0 aliphatic heterocycles. The molecule has 15 heavy (non-hydrogen) atoms. The predicted octanol–water partition coefficient (Wildman–Crippen LogP) is 3.30. The minimum Gasteiger partial charge on any atom is -0.324 e. The third-order valence-electron chi connectivity index (χ3n) is 2.54. The van der Waals surface area contributed by atoms with E-state index in [0.717, 1.165) is 22.9 Å². The number of pyridine rings is 1. The largest absolute Gasteiger partial charge is 0.324 e. The molecule has 2 aromatic rings. The molecule has 3 heteroatoms. The van der Waals surface area contributed by atoms with Crippen LogP contribution >= 0.6 is 11.6 Å². The van der Waals surface area contributed by atoms with Crippen molar-refractivity contribution in [2.24, 2.45) is 5.73 Å². The van der Waals surface area contributed by atoms with Crippen LogP contribution in [-0.4, -0.2) is 4.98 Å². The summed E-state index contributed by atoms with van der Waals surface area (Å²) in [5.74, 6) is 0. The van der Waals surface area contributed by atoms with Gasteiger partial charge in [-0.25, -0.2) is 4.98 Å². The van der Waals surface area contributed by atoms with Crippen molar-refractivity contribution in [3.8, 4) is 0 Å². The fourth-order valence-corrected chi connectivity index (χ4v) is 1.87. The first kappa shape index (κ1) is 10.4. The maximum Gasteiger partial charge on any atom is 0.134 e. The van der Waals surface area contributed by atoms with Gasteiger partial charge in [-0.3, -0.25) is 0 Å². The van der Waals surface area contributed by atoms with Gasteiger partial charge in [-0.1, -0.05) is 36.7 Å². The van der Waals surface area contributed by atoms with E-state index in [4.69, 9.17) is 17.3 Å². The number of halogens is 1.